The maximum atomic E-state index is 5.98. The Balaban J connectivity index is 2.31. The Morgan fingerprint density at radius 3 is 2.76 bits per heavy atom. The second kappa shape index (κ2) is 4.02. The predicted octanol–water partition coefficient (Wildman–Crippen LogP) is 4.05. The molecule has 0 radical (unpaired) electrons. The molecule has 0 aliphatic carbocycles. The normalized spacial score (nSPS) is 10.9. The van der Waals surface area contributed by atoms with Gasteiger partial charge in [-0.1, -0.05) is 41.0 Å². The van der Waals surface area contributed by atoms with Crippen LogP contribution in [0.5, 0.6) is 0 Å². The topological polar surface area (TPSA) is 26.0 Å². The summed E-state index contributed by atoms with van der Waals surface area (Å²) in [7, 11) is 0. The first-order valence-electron chi connectivity index (χ1n) is 5.07. The summed E-state index contributed by atoms with van der Waals surface area (Å²) in [5, 5.41) is 5.54. The van der Waals surface area contributed by atoms with Gasteiger partial charge in [-0.05, 0) is 18.2 Å². The minimum Gasteiger partial charge on any atom is -0.779 e. The van der Waals surface area contributed by atoms with Crippen LogP contribution in [0.2, 0.25) is 5.02 Å². The molecule has 2 nitrogen and oxygen atoms in total. The van der Waals surface area contributed by atoms with Gasteiger partial charge in [0.25, 0.3) is 0 Å². The molecular weight excluding hydrogens is 254 g/mol. The highest BCUT2D eigenvalue weighted by atomic mass is 35.5. The summed E-state index contributed by atoms with van der Waals surface area (Å²) in [4.78, 5) is 0.741. The van der Waals surface area contributed by atoms with Crippen LogP contribution in [0.4, 0.5) is 0 Å². The van der Waals surface area contributed by atoms with Gasteiger partial charge in [0.15, 0.2) is 5.76 Å². The molecule has 0 N–H and O–H groups in total. The third-order valence-corrected chi connectivity index (χ3v) is 3.16. The zero-order valence-corrected chi connectivity index (χ0v) is 10.3. The molecule has 2 aromatic carbocycles. The Hall–Kier alpha value is -1.58. The van der Waals surface area contributed by atoms with Crippen LogP contribution < -0.4 is 0 Å². The van der Waals surface area contributed by atoms with E-state index in [-0.39, 0.29) is 0 Å². The Kier molecular flexibility index (Phi) is 2.50. The quantitative estimate of drug-likeness (QED) is 0.617. The van der Waals surface area contributed by atoms with Gasteiger partial charge in [-0.25, -0.2) is 0 Å². The molecular formula is C13H7ClNOS-. The van der Waals surface area contributed by atoms with Gasteiger partial charge in [0.2, 0.25) is 0 Å². The minimum atomic E-state index is 0.656. The molecule has 0 fully saturated rings. The van der Waals surface area contributed by atoms with Gasteiger partial charge in [0.05, 0.1) is 5.39 Å². The Labute approximate surface area is 109 Å². The van der Waals surface area contributed by atoms with Gasteiger partial charge < -0.3 is 17.2 Å². The average molecular weight is 261 g/mol. The predicted molar refractivity (Wildman–Crippen MR) is 70.1 cm³/mol. The summed E-state index contributed by atoms with van der Waals surface area (Å²) >= 11 is 11.3. The van der Waals surface area contributed by atoms with Crippen LogP contribution in [-0.2, 0) is 12.6 Å². The largest absolute Gasteiger partial charge is 0.779 e. The van der Waals surface area contributed by atoms with Crippen LogP contribution in [0.1, 0.15) is 0 Å². The van der Waals surface area contributed by atoms with Crippen molar-refractivity contribution in [3.8, 4) is 11.3 Å². The third kappa shape index (κ3) is 1.77. The van der Waals surface area contributed by atoms with Crippen molar-refractivity contribution in [2.45, 2.75) is 4.90 Å². The molecule has 0 bridgehead atoms. The van der Waals surface area contributed by atoms with Crippen molar-refractivity contribution in [1.82, 2.24) is 5.16 Å². The molecule has 0 unspecified atom stereocenters. The third-order valence-electron chi connectivity index (χ3n) is 2.57. The first kappa shape index (κ1) is 10.6. The number of halogens is 1. The highest BCUT2D eigenvalue weighted by Crippen LogP contribution is 2.32. The van der Waals surface area contributed by atoms with E-state index in [0.717, 1.165) is 21.4 Å². The van der Waals surface area contributed by atoms with Crippen molar-refractivity contribution in [1.29, 1.82) is 0 Å². The van der Waals surface area contributed by atoms with E-state index < -0.39 is 0 Å². The summed E-state index contributed by atoms with van der Waals surface area (Å²) in [5.41, 5.74) is 1.65. The van der Waals surface area contributed by atoms with Gasteiger partial charge in [0.1, 0.15) is 5.52 Å². The van der Waals surface area contributed by atoms with E-state index in [9.17, 15) is 0 Å². The van der Waals surface area contributed by atoms with E-state index in [2.05, 4.69) is 5.16 Å². The van der Waals surface area contributed by atoms with E-state index in [0.29, 0.717) is 10.8 Å². The minimum absolute atomic E-state index is 0.656. The Bertz CT molecular complexity index is 693. The molecule has 0 aliphatic rings. The van der Waals surface area contributed by atoms with Crippen molar-refractivity contribution < 1.29 is 4.52 Å². The number of fused-ring (bicyclic) bond motifs is 1. The molecule has 1 aromatic heterocycles. The smallest absolute Gasteiger partial charge is 0.173 e. The lowest BCUT2D eigenvalue weighted by molar-refractivity contribution is 0.440. The van der Waals surface area contributed by atoms with Crippen molar-refractivity contribution in [3.05, 3.63) is 47.5 Å². The SMILES string of the molecule is [S-]c1ccccc1-c1onc2ccc(Cl)cc12. The first-order valence-corrected chi connectivity index (χ1v) is 5.86. The number of nitrogens with zero attached hydrogens (tertiary/aromatic N) is 1. The molecule has 1 heterocycles. The number of aromatic nitrogens is 1. The fourth-order valence-electron chi connectivity index (χ4n) is 1.76. The van der Waals surface area contributed by atoms with Gasteiger partial charge in [-0.2, -0.15) is 4.90 Å². The van der Waals surface area contributed by atoms with Crippen molar-refractivity contribution in [3.63, 3.8) is 0 Å². The molecule has 0 aliphatic heterocycles. The molecule has 0 saturated carbocycles. The molecule has 0 spiro atoms. The second-order valence-electron chi connectivity index (χ2n) is 3.67. The summed E-state index contributed by atoms with van der Waals surface area (Å²) in [6.45, 7) is 0. The van der Waals surface area contributed by atoms with Crippen LogP contribution in [0, 0.1) is 0 Å². The molecule has 0 saturated heterocycles. The van der Waals surface area contributed by atoms with E-state index in [1.54, 1.807) is 6.07 Å². The highest BCUT2D eigenvalue weighted by molar-refractivity contribution is 7.59. The molecule has 3 rings (SSSR count). The molecule has 17 heavy (non-hydrogen) atoms. The van der Waals surface area contributed by atoms with E-state index in [1.807, 2.05) is 36.4 Å². The first-order chi connectivity index (χ1) is 8.25. The number of benzene rings is 2. The molecule has 4 heteroatoms. The lowest BCUT2D eigenvalue weighted by Crippen LogP contribution is -1.80. The summed E-state index contributed by atoms with van der Waals surface area (Å²) in [5.74, 6) is 0.674. The average Bonchev–Trinajstić information content (AvgIpc) is 2.72. The van der Waals surface area contributed by atoms with Gasteiger partial charge in [-0.3, -0.25) is 0 Å². The fourth-order valence-corrected chi connectivity index (χ4v) is 2.17. The zero-order valence-electron chi connectivity index (χ0n) is 8.68. The maximum absolute atomic E-state index is 5.98. The zero-order chi connectivity index (χ0) is 11.8. The van der Waals surface area contributed by atoms with Crippen LogP contribution >= 0.6 is 11.6 Å². The molecule has 0 atom stereocenters. The van der Waals surface area contributed by atoms with E-state index >= 15 is 0 Å². The Morgan fingerprint density at radius 2 is 1.94 bits per heavy atom. The summed E-state index contributed by atoms with van der Waals surface area (Å²) in [6.07, 6.45) is 0. The van der Waals surface area contributed by atoms with Crippen LogP contribution in [-0.4, -0.2) is 5.16 Å². The van der Waals surface area contributed by atoms with Crippen molar-refractivity contribution in [2.24, 2.45) is 0 Å². The summed E-state index contributed by atoms with van der Waals surface area (Å²) < 4.78 is 5.36. The fraction of sp³-hybridized carbons (Fsp3) is 0. The monoisotopic (exact) mass is 260 g/mol. The van der Waals surface area contributed by atoms with Gasteiger partial charge in [-0.15, -0.1) is 0 Å². The molecule has 84 valence electrons. The van der Waals surface area contributed by atoms with Crippen LogP contribution in [0.25, 0.3) is 22.2 Å². The van der Waals surface area contributed by atoms with E-state index in [4.69, 9.17) is 28.8 Å². The Morgan fingerprint density at radius 1 is 1.12 bits per heavy atom. The van der Waals surface area contributed by atoms with Crippen molar-refractivity contribution in [2.75, 3.05) is 0 Å². The summed E-state index contributed by atoms with van der Waals surface area (Å²) in [6, 6.07) is 13.1. The number of hydrogen-bond donors (Lipinski definition) is 0. The van der Waals surface area contributed by atoms with E-state index in [1.165, 1.54) is 0 Å². The van der Waals surface area contributed by atoms with Gasteiger partial charge in [0, 0.05) is 10.6 Å². The molecule has 0 amide bonds. The molecule has 3 aromatic rings. The maximum Gasteiger partial charge on any atom is 0.173 e. The lowest BCUT2D eigenvalue weighted by atomic mass is 10.1. The standard InChI is InChI=1S/C13H8ClNOS/c14-8-5-6-11-10(7-8)13(16-15-11)9-3-1-2-4-12(9)17/h1-7,17H/p-1. The van der Waals surface area contributed by atoms with Crippen molar-refractivity contribution >= 4 is 35.1 Å². The lowest BCUT2D eigenvalue weighted by Gasteiger charge is -2.10. The van der Waals surface area contributed by atoms with Crippen LogP contribution in [0.15, 0.2) is 51.9 Å². The number of hydrogen-bond acceptors (Lipinski definition) is 3. The second-order valence-corrected chi connectivity index (χ2v) is 4.55. The van der Waals surface area contributed by atoms with Crippen LogP contribution in [0.3, 0.4) is 0 Å². The highest BCUT2D eigenvalue weighted by Gasteiger charge is 2.10. The number of rotatable bonds is 1. The van der Waals surface area contributed by atoms with Gasteiger partial charge >= 0.3 is 0 Å².